The first-order chi connectivity index (χ1) is 12.0. The van der Waals surface area contributed by atoms with Gasteiger partial charge in [0.1, 0.15) is 0 Å². The number of hydrogen-bond acceptors (Lipinski definition) is 1. The van der Waals surface area contributed by atoms with Gasteiger partial charge in [-0.3, -0.25) is 4.79 Å². The van der Waals surface area contributed by atoms with Crippen molar-refractivity contribution in [3.8, 4) is 0 Å². The molecule has 0 aliphatic carbocycles. The molecule has 140 valence electrons. The summed E-state index contributed by atoms with van der Waals surface area (Å²) in [4.78, 5) is 14.0. The van der Waals surface area contributed by atoms with E-state index in [0.717, 1.165) is 12.1 Å². The van der Waals surface area contributed by atoms with Crippen LogP contribution in [0.3, 0.4) is 0 Å². The molecule has 0 saturated heterocycles. The fraction of sp³-hybridized carbons (Fsp3) is 0.278. The summed E-state index contributed by atoms with van der Waals surface area (Å²) < 4.78 is 39.9. The Bertz CT molecular complexity index is 804. The summed E-state index contributed by atoms with van der Waals surface area (Å²) in [5.74, 6) is -0.767. The van der Waals surface area contributed by atoms with Gasteiger partial charge in [0, 0.05) is 22.1 Å². The van der Waals surface area contributed by atoms with Crippen molar-refractivity contribution in [1.82, 2.24) is 4.90 Å². The van der Waals surface area contributed by atoms with E-state index in [2.05, 4.69) is 0 Å². The normalized spacial score (nSPS) is 12.8. The molecule has 0 aliphatic rings. The van der Waals surface area contributed by atoms with Crippen LogP contribution in [0.5, 0.6) is 0 Å². The van der Waals surface area contributed by atoms with Crippen molar-refractivity contribution in [3.05, 3.63) is 68.2 Å². The molecule has 1 amide bonds. The van der Waals surface area contributed by atoms with Gasteiger partial charge >= 0.3 is 6.18 Å². The molecule has 26 heavy (non-hydrogen) atoms. The Kier molecular flexibility index (Phi) is 6.48. The zero-order valence-corrected chi connectivity index (χ0v) is 16.1. The van der Waals surface area contributed by atoms with Gasteiger partial charge in [-0.15, -0.1) is 0 Å². The van der Waals surface area contributed by atoms with Gasteiger partial charge in [0.25, 0.3) is 5.91 Å². The Balaban J connectivity index is 2.45. The fourth-order valence-electron chi connectivity index (χ4n) is 2.77. The van der Waals surface area contributed by atoms with Crippen molar-refractivity contribution in [2.75, 3.05) is 7.05 Å². The molecule has 0 heterocycles. The Labute approximate surface area is 164 Å². The summed E-state index contributed by atoms with van der Waals surface area (Å²) >= 11 is 17.7. The van der Waals surface area contributed by atoms with Gasteiger partial charge in [-0.2, -0.15) is 13.2 Å². The number of carbonyl (C=O) groups is 1. The molecule has 2 nitrogen and oxygen atoms in total. The van der Waals surface area contributed by atoms with Crippen LogP contribution in [-0.2, 0) is 6.18 Å². The molecule has 0 aliphatic heterocycles. The minimum Gasteiger partial charge on any atom is -0.335 e. The zero-order chi connectivity index (χ0) is 19.6. The van der Waals surface area contributed by atoms with E-state index >= 15 is 0 Å². The number of amides is 1. The highest BCUT2D eigenvalue weighted by atomic mass is 35.5. The monoisotopic (exact) mass is 423 g/mol. The topological polar surface area (TPSA) is 20.3 Å². The lowest BCUT2D eigenvalue weighted by Gasteiger charge is -2.29. The van der Waals surface area contributed by atoms with Crippen molar-refractivity contribution in [3.63, 3.8) is 0 Å². The highest BCUT2D eigenvalue weighted by molar-refractivity contribution is 6.34. The third kappa shape index (κ3) is 4.64. The lowest BCUT2D eigenvalue weighted by Crippen LogP contribution is -2.32. The minimum absolute atomic E-state index is 0.0924. The molecule has 0 bridgehead atoms. The molecule has 2 rings (SSSR count). The van der Waals surface area contributed by atoms with Crippen LogP contribution in [0.2, 0.25) is 15.1 Å². The molecule has 2 aromatic carbocycles. The maximum Gasteiger partial charge on any atom is 0.417 e. The second-order valence-corrected chi connectivity index (χ2v) is 7.04. The lowest BCUT2D eigenvalue weighted by molar-refractivity contribution is -0.138. The smallest absolute Gasteiger partial charge is 0.335 e. The van der Waals surface area contributed by atoms with E-state index in [1.54, 1.807) is 18.2 Å². The Morgan fingerprint density at radius 2 is 1.62 bits per heavy atom. The van der Waals surface area contributed by atoms with Crippen LogP contribution in [0.15, 0.2) is 36.4 Å². The van der Waals surface area contributed by atoms with Crippen molar-refractivity contribution in [2.45, 2.75) is 25.6 Å². The van der Waals surface area contributed by atoms with Crippen LogP contribution < -0.4 is 0 Å². The third-order valence-electron chi connectivity index (χ3n) is 3.96. The van der Waals surface area contributed by atoms with E-state index in [1.807, 2.05) is 6.92 Å². The first-order valence-electron chi connectivity index (χ1n) is 7.64. The van der Waals surface area contributed by atoms with Crippen LogP contribution in [-0.4, -0.2) is 17.9 Å². The van der Waals surface area contributed by atoms with Gasteiger partial charge in [0.15, 0.2) is 0 Å². The molecule has 1 unspecified atom stereocenters. The molecular formula is C18H15Cl3F3NO. The molecule has 0 aromatic heterocycles. The van der Waals surface area contributed by atoms with Gasteiger partial charge in [0.05, 0.1) is 17.2 Å². The number of benzene rings is 2. The van der Waals surface area contributed by atoms with Crippen LogP contribution in [0.25, 0.3) is 0 Å². The van der Waals surface area contributed by atoms with Crippen molar-refractivity contribution in [2.24, 2.45) is 0 Å². The van der Waals surface area contributed by atoms with Crippen LogP contribution in [0.1, 0.15) is 40.9 Å². The predicted molar refractivity (Wildman–Crippen MR) is 98.0 cm³/mol. The highest BCUT2D eigenvalue weighted by Gasteiger charge is 2.37. The Hall–Kier alpha value is -1.43. The third-order valence-corrected chi connectivity index (χ3v) is 4.63. The number of carbonyl (C=O) groups excluding carboxylic acids is 1. The molecule has 1 atom stereocenters. The van der Waals surface area contributed by atoms with Crippen molar-refractivity contribution < 1.29 is 18.0 Å². The number of hydrogen-bond donors (Lipinski definition) is 0. The zero-order valence-electron chi connectivity index (χ0n) is 13.9. The van der Waals surface area contributed by atoms with E-state index < -0.39 is 29.3 Å². The highest BCUT2D eigenvalue weighted by Crippen LogP contribution is 2.36. The number of rotatable bonds is 4. The van der Waals surface area contributed by atoms with E-state index in [0.29, 0.717) is 22.0 Å². The maximum absolute atomic E-state index is 13.3. The Morgan fingerprint density at radius 1 is 1.04 bits per heavy atom. The summed E-state index contributed by atoms with van der Waals surface area (Å²) in [6.07, 6.45) is -4.23. The van der Waals surface area contributed by atoms with Gasteiger partial charge < -0.3 is 4.90 Å². The summed E-state index contributed by atoms with van der Waals surface area (Å²) in [6, 6.07) is 7.42. The predicted octanol–water partition coefficient (Wildman–Crippen LogP) is 6.89. The number of alkyl halides is 3. The van der Waals surface area contributed by atoms with Gasteiger partial charge in [-0.1, -0.05) is 41.7 Å². The molecule has 8 heteroatoms. The average molecular weight is 425 g/mol. The first kappa shape index (κ1) is 20.9. The van der Waals surface area contributed by atoms with Gasteiger partial charge in [0.2, 0.25) is 0 Å². The van der Waals surface area contributed by atoms with Gasteiger partial charge in [-0.05, 0) is 48.4 Å². The van der Waals surface area contributed by atoms with Crippen molar-refractivity contribution >= 4 is 40.7 Å². The molecule has 0 fully saturated rings. The molecule has 0 spiro atoms. The second kappa shape index (κ2) is 8.07. The second-order valence-electron chi connectivity index (χ2n) is 5.73. The molecule has 0 radical (unpaired) electrons. The SMILES string of the molecule is CCC(c1cc(Cl)cc(Cl)c1)N(C)C(=O)c1ccc(Cl)cc1C(F)(F)F. The summed E-state index contributed by atoms with van der Waals surface area (Å²) in [5.41, 5.74) is -0.889. The summed E-state index contributed by atoms with van der Waals surface area (Å²) in [5, 5.41) is 0.675. The van der Waals surface area contributed by atoms with Crippen LogP contribution in [0, 0.1) is 0 Å². The molecule has 2 aromatic rings. The minimum atomic E-state index is -4.70. The van der Waals surface area contributed by atoms with Crippen molar-refractivity contribution in [1.29, 1.82) is 0 Å². The molecule has 0 N–H and O–H groups in total. The standard InChI is InChI=1S/C18H15Cl3F3NO/c1-3-16(10-6-12(20)8-13(21)7-10)25(2)17(26)14-5-4-11(19)9-15(14)18(22,23)24/h4-9,16H,3H2,1-2H3. The molecular weight excluding hydrogens is 410 g/mol. The van der Waals surface area contributed by atoms with Crippen LogP contribution in [0.4, 0.5) is 13.2 Å². The fourth-order valence-corrected chi connectivity index (χ4v) is 3.48. The van der Waals surface area contributed by atoms with E-state index in [9.17, 15) is 18.0 Å². The van der Waals surface area contributed by atoms with Crippen LogP contribution >= 0.6 is 34.8 Å². The van der Waals surface area contributed by atoms with E-state index in [1.165, 1.54) is 18.0 Å². The lowest BCUT2D eigenvalue weighted by atomic mass is 10.0. The maximum atomic E-state index is 13.3. The number of nitrogens with zero attached hydrogens (tertiary/aromatic N) is 1. The summed E-state index contributed by atoms with van der Waals surface area (Å²) in [7, 11) is 1.44. The Morgan fingerprint density at radius 3 is 2.12 bits per heavy atom. The quantitative estimate of drug-likeness (QED) is 0.523. The van der Waals surface area contributed by atoms with Gasteiger partial charge in [-0.25, -0.2) is 0 Å². The number of halogens is 6. The average Bonchev–Trinajstić information content (AvgIpc) is 2.53. The molecule has 0 saturated carbocycles. The van der Waals surface area contributed by atoms with E-state index in [4.69, 9.17) is 34.8 Å². The van der Waals surface area contributed by atoms with E-state index in [-0.39, 0.29) is 5.02 Å². The first-order valence-corrected chi connectivity index (χ1v) is 8.78. The summed E-state index contributed by atoms with van der Waals surface area (Å²) in [6.45, 7) is 1.82. The largest absolute Gasteiger partial charge is 0.417 e.